The molecule has 0 saturated carbocycles. The smallest absolute Gasteiger partial charge is 0.307 e. The fourth-order valence-corrected chi connectivity index (χ4v) is 2.15. The van der Waals surface area contributed by atoms with E-state index in [0.29, 0.717) is 0 Å². The Morgan fingerprint density at radius 2 is 2.00 bits per heavy atom. The Hall–Kier alpha value is -2.10. The highest BCUT2D eigenvalue weighted by Gasteiger charge is 2.14. The van der Waals surface area contributed by atoms with Crippen molar-refractivity contribution in [2.75, 3.05) is 0 Å². The molecule has 0 unspecified atom stereocenters. The quantitative estimate of drug-likeness (QED) is 0.931. The van der Waals surface area contributed by atoms with E-state index >= 15 is 0 Å². The summed E-state index contributed by atoms with van der Waals surface area (Å²) in [5.41, 5.74) is 2.08. The molecule has 2 rings (SSSR count). The number of rotatable bonds is 3. The molecule has 1 heterocycles. The summed E-state index contributed by atoms with van der Waals surface area (Å²) in [6, 6.07) is 7.42. The molecule has 4 heteroatoms. The minimum absolute atomic E-state index is 0.0150. The number of fused-ring (bicyclic) bond motifs is 1. The zero-order valence-corrected chi connectivity index (χ0v) is 12.2. The molecule has 4 nitrogen and oxygen atoms in total. The molecule has 2 aromatic rings. The van der Waals surface area contributed by atoms with E-state index < -0.39 is 5.97 Å². The molecule has 0 fully saturated rings. The summed E-state index contributed by atoms with van der Waals surface area (Å²) in [7, 11) is 0. The molecule has 106 valence electrons. The van der Waals surface area contributed by atoms with Crippen LogP contribution in [-0.4, -0.2) is 21.7 Å². The molecule has 0 aliphatic heterocycles. The molecule has 0 atom stereocenters. The molecular weight excluding hydrogens is 254 g/mol. The van der Waals surface area contributed by atoms with Gasteiger partial charge in [-0.1, -0.05) is 0 Å². The molecule has 0 aliphatic rings. The highest BCUT2D eigenvalue weighted by molar-refractivity contribution is 5.87. The van der Waals surface area contributed by atoms with Crippen molar-refractivity contribution in [1.29, 1.82) is 0 Å². The van der Waals surface area contributed by atoms with Gasteiger partial charge in [0.05, 0.1) is 11.9 Å². The van der Waals surface area contributed by atoms with Crippen LogP contribution in [0.15, 0.2) is 24.3 Å². The minimum atomic E-state index is -0.848. The Bertz CT molecular complexity index is 657. The summed E-state index contributed by atoms with van der Waals surface area (Å²) in [5.74, 6) is -0.124. The number of aromatic nitrogens is 1. The highest BCUT2D eigenvalue weighted by Crippen LogP contribution is 2.26. The van der Waals surface area contributed by atoms with Crippen molar-refractivity contribution in [3.8, 4) is 5.75 Å². The molecule has 0 spiro atoms. The average molecular weight is 273 g/mol. The molecule has 0 bridgehead atoms. The van der Waals surface area contributed by atoms with Crippen LogP contribution < -0.4 is 4.74 Å². The molecule has 1 aromatic carbocycles. The first kappa shape index (κ1) is 14.3. The number of carboxylic acids is 1. The van der Waals surface area contributed by atoms with Crippen LogP contribution in [0.5, 0.6) is 5.75 Å². The van der Waals surface area contributed by atoms with E-state index in [-0.39, 0.29) is 12.0 Å². The average Bonchev–Trinajstić information content (AvgIpc) is 2.27. The van der Waals surface area contributed by atoms with Gasteiger partial charge in [0.25, 0.3) is 0 Å². The van der Waals surface area contributed by atoms with Crippen molar-refractivity contribution in [1.82, 2.24) is 4.98 Å². The third-order valence-corrected chi connectivity index (χ3v) is 2.76. The maximum atomic E-state index is 11.0. The van der Waals surface area contributed by atoms with Gasteiger partial charge in [0.2, 0.25) is 0 Å². The van der Waals surface area contributed by atoms with Crippen LogP contribution in [0.1, 0.15) is 32.0 Å². The predicted octanol–water partition coefficient (Wildman–Crippen LogP) is 3.35. The van der Waals surface area contributed by atoms with Gasteiger partial charge in [0.1, 0.15) is 11.4 Å². The topological polar surface area (TPSA) is 59.4 Å². The first-order chi connectivity index (χ1) is 9.24. The van der Waals surface area contributed by atoms with Crippen molar-refractivity contribution in [2.24, 2.45) is 0 Å². The summed E-state index contributed by atoms with van der Waals surface area (Å²) in [5, 5.41) is 9.85. The number of hydrogen-bond acceptors (Lipinski definition) is 3. The largest absolute Gasteiger partial charge is 0.488 e. The number of aryl methyl sites for hydroxylation is 1. The van der Waals surface area contributed by atoms with Gasteiger partial charge in [-0.3, -0.25) is 9.78 Å². The molecule has 0 amide bonds. The van der Waals surface area contributed by atoms with Crippen LogP contribution >= 0.6 is 0 Å². The van der Waals surface area contributed by atoms with Gasteiger partial charge in [-0.2, -0.15) is 0 Å². The SMILES string of the molecule is Cc1cc(CC(=O)O)c2cc(OC(C)(C)C)ccc2n1. The number of ether oxygens (including phenoxy) is 1. The van der Waals surface area contributed by atoms with E-state index in [1.807, 2.05) is 52.0 Å². The summed E-state index contributed by atoms with van der Waals surface area (Å²) in [6.45, 7) is 7.79. The maximum absolute atomic E-state index is 11.0. The molecule has 0 aliphatic carbocycles. The number of carboxylic acid groups (broad SMARTS) is 1. The summed E-state index contributed by atoms with van der Waals surface area (Å²) >= 11 is 0. The standard InChI is InChI=1S/C16H19NO3/c1-10-7-11(8-15(18)19)13-9-12(20-16(2,3)4)5-6-14(13)17-10/h5-7,9H,8H2,1-4H3,(H,18,19). The first-order valence-electron chi connectivity index (χ1n) is 6.56. The lowest BCUT2D eigenvalue weighted by Crippen LogP contribution is -2.22. The van der Waals surface area contributed by atoms with Crippen LogP contribution in [0.4, 0.5) is 0 Å². The third-order valence-electron chi connectivity index (χ3n) is 2.76. The van der Waals surface area contributed by atoms with E-state index in [9.17, 15) is 4.79 Å². The third kappa shape index (κ3) is 3.47. The Morgan fingerprint density at radius 3 is 2.60 bits per heavy atom. The Kier molecular flexibility index (Phi) is 3.66. The molecule has 0 radical (unpaired) electrons. The Balaban J connectivity index is 2.53. The van der Waals surface area contributed by atoms with Gasteiger partial charge in [-0.05, 0) is 57.5 Å². The Morgan fingerprint density at radius 1 is 1.30 bits per heavy atom. The lowest BCUT2D eigenvalue weighted by Gasteiger charge is -2.21. The summed E-state index contributed by atoms with van der Waals surface area (Å²) in [6.07, 6.45) is -0.0150. The van der Waals surface area contributed by atoms with Crippen LogP contribution in [0, 0.1) is 6.92 Å². The second kappa shape index (κ2) is 5.12. The first-order valence-corrected chi connectivity index (χ1v) is 6.56. The maximum Gasteiger partial charge on any atom is 0.307 e. The lowest BCUT2D eigenvalue weighted by molar-refractivity contribution is -0.136. The van der Waals surface area contributed by atoms with Gasteiger partial charge in [-0.25, -0.2) is 0 Å². The number of pyridine rings is 1. The number of benzene rings is 1. The van der Waals surface area contributed by atoms with Crippen LogP contribution in [0.3, 0.4) is 0 Å². The highest BCUT2D eigenvalue weighted by atomic mass is 16.5. The monoisotopic (exact) mass is 273 g/mol. The number of hydrogen-bond donors (Lipinski definition) is 1. The molecular formula is C16H19NO3. The van der Waals surface area contributed by atoms with Crippen LogP contribution in [0.2, 0.25) is 0 Å². The molecule has 0 saturated heterocycles. The van der Waals surface area contributed by atoms with Gasteiger partial charge >= 0.3 is 5.97 Å². The Labute approximate surface area is 118 Å². The van der Waals surface area contributed by atoms with Gasteiger partial charge in [-0.15, -0.1) is 0 Å². The predicted molar refractivity (Wildman–Crippen MR) is 78.2 cm³/mol. The van der Waals surface area contributed by atoms with Crippen molar-refractivity contribution >= 4 is 16.9 Å². The molecule has 1 aromatic heterocycles. The fraction of sp³-hybridized carbons (Fsp3) is 0.375. The normalized spacial score (nSPS) is 11.6. The van der Waals surface area contributed by atoms with E-state index in [2.05, 4.69) is 4.98 Å². The fourth-order valence-electron chi connectivity index (χ4n) is 2.15. The van der Waals surface area contributed by atoms with Crippen molar-refractivity contribution < 1.29 is 14.6 Å². The van der Waals surface area contributed by atoms with Crippen LogP contribution in [0.25, 0.3) is 10.9 Å². The lowest BCUT2D eigenvalue weighted by atomic mass is 10.0. The van der Waals surface area contributed by atoms with Crippen molar-refractivity contribution in [2.45, 2.75) is 39.7 Å². The number of nitrogens with zero attached hydrogens (tertiary/aromatic N) is 1. The zero-order valence-electron chi connectivity index (χ0n) is 12.2. The molecule has 1 N–H and O–H groups in total. The van der Waals surface area contributed by atoms with Crippen LogP contribution in [-0.2, 0) is 11.2 Å². The summed E-state index contributed by atoms with van der Waals surface area (Å²) in [4.78, 5) is 15.4. The van der Waals surface area contributed by atoms with Gasteiger partial charge in [0, 0.05) is 11.1 Å². The van der Waals surface area contributed by atoms with Gasteiger partial charge in [0.15, 0.2) is 0 Å². The van der Waals surface area contributed by atoms with Crippen molar-refractivity contribution in [3.63, 3.8) is 0 Å². The van der Waals surface area contributed by atoms with E-state index in [0.717, 1.165) is 27.9 Å². The van der Waals surface area contributed by atoms with E-state index in [1.54, 1.807) is 0 Å². The van der Waals surface area contributed by atoms with E-state index in [1.165, 1.54) is 0 Å². The molecule has 20 heavy (non-hydrogen) atoms. The number of carbonyl (C=O) groups is 1. The van der Waals surface area contributed by atoms with Crippen molar-refractivity contribution in [3.05, 3.63) is 35.5 Å². The zero-order chi connectivity index (χ0) is 14.9. The second-order valence-corrected chi connectivity index (χ2v) is 5.89. The van der Waals surface area contributed by atoms with Gasteiger partial charge < -0.3 is 9.84 Å². The number of aliphatic carboxylic acids is 1. The second-order valence-electron chi connectivity index (χ2n) is 5.89. The van der Waals surface area contributed by atoms with E-state index in [4.69, 9.17) is 9.84 Å². The minimum Gasteiger partial charge on any atom is -0.488 e. The summed E-state index contributed by atoms with van der Waals surface area (Å²) < 4.78 is 5.82.